The molecule has 11 heteroatoms. The zero-order chi connectivity index (χ0) is 23.5. The van der Waals surface area contributed by atoms with Crippen molar-refractivity contribution in [1.29, 1.82) is 0 Å². The van der Waals surface area contributed by atoms with Crippen molar-refractivity contribution in [3.8, 4) is 0 Å². The molecule has 3 aromatic rings. The van der Waals surface area contributed by atoms with Gasteiger partial charge in [0.25, 0.3) is 0 Å². The van der Waals surface area contributed by atoms with Crippen LogP contribution in [0.3, 0.4) is 0 Å². The number of nitrogens with zero attached hydrogens (tertiary/aromatic N) is 4. The number of carbonyl (C=O) groups excluding carboxylic acids is 1. The van der Waals surface area contributed by atoms with Gasteiger partial charge in [-0.2, -0.15) is 0 Å². The molecule has 1 atom stereocenters. The molecule has 2 aromatic heterocycles. The van der Waals surface area contributed by atoms with E-state index >= 15 is 0 Å². The number of anilines is 2. The molecule has 0 amide bonds. The Morgan fingerprint density at radius 3 is 2.70 bits per heavy atom. The third kappa shape index (κ3) is 4.76. The molecule has 9 nitrogen and oxygen atoms in total. The summed E-state index contributed by atoms with van der Waals surface area (Å²) in [5.41, 5.74) is 2.12. The molecule has 0 bridgehead atoms. The van der Waals surface area contributed by atoms with E-state index in [1.54, 1.807) is 41.7 Å². The Morgan fingerprint density at radius 2 is 2.03 bits per heavy atom. The third-order valence-electron chi connectivity index (χ3n) is 5.66. The van der Waals surface area contributed by atoms with Crippen LogP contribution < -0.4 is 5.32 Å². The fourth-order valence-corrected chi connectivity index (χ4v) is 4.77. The molecule has 1 aromatic carbocycles. The highest BCUT2D eigenvalue weighted by Gasteiger charge is 2.28. The molecular formula is C22H23ClN5O4P. The zero-order valence-corrected chi connectivity index (χ0v) is 19.9. The molecule has 0 aliphatic carbocycles. The molecule has 33 heavy (non-hydrogen) atoms. The lowest BCUT2D eigenvalue weighted by Crippen LogP contribution is -2.16. The van der Waals surface area contributed by atoms with E-state index in [0.717, 1.165) is 18.5 Å². The van der Waals surface area contributed by atoms with Crippen LogP contribution in [0.2, 0.25) is 5.02 Å². The van der Waals surface area contributed by atoms with Crippen LogP contribution in [-0.4, -0.2) is 45.1 Å². The Morgan fingerprint density at radius 1 is 1.30 bits per heavy atom. The van der Waals surface area contributed by atoms with Gasteiger partial charge in [0.2, 0.25) is 5.82 Å². The molecule has 1 N–H and O–H groups in total. The van der Waals surface area contributed by atoms with Crippen LogP contribution >= 0.6 is 20.3 Å². The highest BCUT2D eigenvalue weighted by molar-refractivity contribution is 7.35. The van der Waals surface area contributed by atoms with Gasteiger partial charge < -0.3 is 10.1 Å². The highest BCUT2D eigenvalue weighted by Crippen LogP contribution is 2.36. The minimum absolute atomic E-state index is 0.0872. The van der Waals surface area contributed by atoms with E-state index < -0.39 is 4.92 Å². The summed E-state index contributed by atoms with van der Waals surface area (Å²) >= 11 is 6.26. The summed E-state index contributed by atoms with van der Waals surface area (Å²) in [4.78, 5) is 29.2. The number of pyridine rings is 1. The van der Waals surface area contributed by atoms with Gasteiger partial charge in [-0.3, -0.25) is 19.9 Å². The van der Waals surface area contributed by atoms with Crippen LogP contribution in [0.5, 0.6) is 0 Å². The normalized spacial score (nSPS) is 14.6. The summed E-state index contributed by atoms with van der Waals surface area (Å²) in [6.45, 7) is 4.82. The first-order valence-electron chi connectivity index (χ1n) is 10.5. The van der Waals surface area contributed by atoms with E-state index in [9.17, 15) is 14.9 Å². The van der Waals surface area contributed by atoms with E-state index in [1.807, 2.05) is 6.66 Å². The number of aromatic nitrogens is 3. The maximum absolute atomic E-state index is 13.4. The molecule has 1 aliphatic rings. The standard InChI is InChI=1S/C22H23ClN5O4P/c1-13-20(28(30)31)22(26-27(13)33-2)25-19-11-18(14-7-9-32-10-8-14)24-12-16(19)21(29)15-5-3-4-6-17(15)23/h3-6,11-12,14,33H,7-10H2,1-2H3,(H,24,25,26). The zero-order valence-electron chi connectivity index (χ0n) is 18.2. The number of hydrogen-bond donors (Lipinski definition) is 1. The van der Waals surface area contributed by atoms with Crippen molar-refractivity contribution in [3.63, 3.8) is 0 Å². The number of ketones is 1. The van der Waals surface area contributed by atoms with Gasteiger partial charge >= 0.3 is 5.69 Å². The van der Waals surface area contributed by atoms with Crippen LogP contribution in [0, 0.1) is 17.0 Å². The molecule has 0 spiro atoms. The number of rotatable bonds is 7. The maximum Gasteiger partial charge on any atom is 0.334 e. The molecule has 4 rings (SSSR count). The van der Waals surface area contributed by atoms with Gasteiger partial charge in [0, 0.05) is 45.3 Å². The van der Waals surface area contributed by atoms with Crippen LogP contribution in [0.1, 0.15) is 46.1 Å². The second-order valence-electron chi connectivity index (χ2n) is 7.65. The Bertz CT molecular complexity index is 1210. The lowest BCUT2D eigenvalue weighted by Gasteiger charge is -2.22. The summed E-state index contributed by atoms with van der Waals surface area (Å²) in [5.74, 6) is -0.0651. The Labute approximate surface area is 197 Å². The predicted molar refractivity (Wildman–Crippen MR) is 128 cm³/mol. The molecule has 1 unspecified atom stereocenters. The first kappa shape index (κ1) is 23.3. The average Bonchev–Trinajstić information content (AvgIpc) is 3.14. The van der Waals surface area contributed by atoms with E-state index in [1.165, 1.54) is 6.20 Å². The van der Waals surface area contributed by atoms with Crippen molar-refractivity contribution in [2.24, 2.45) is 0 Å². The van der Waals surface area contributed by atoms with Crippen molar-refractivity contribution in [2.45, 2.75) is 25.7 Å². The van der Waals surface area contributed by atoms with E-state index in [4.69, 9.17) is 16.3 Å². The molecule has 1 fully saturated rings. The van der Waals surface area contributed by atoms with Crippen LogP contribution in [0.4, 0.5) is 17.2 Å². The number of ether oxygens (including phenoxy) is 1. The summed E-state index contributed by atoms with van der Waals surface area (Å²) in [5, 5.41) is 19.5. The minimum atomic E-state index is -0.461. The average molecular weight is 488 g/mol. The molecular weight excluding hydrogens is 465 g/mol. The second-order valence-corrected chi connectivity index (χ2v) is 8.93. The lowest BCUT2D eigenvalue weighted by molar-refractivity contribution is -0.384. The number of nitro groups is 1. The highest BCUT2D eigenvalue weighted by atomic mass is 35.5. The Kier molecular flexibility index (Phi) is 7.02. The van der Waals surface area contributed by atoms with Crippen LogP contribution in [-0.2, 0) is 4.74 Å². The SMILES string of the molecule is CPn1nc(Nc2cc(C3CCOCC3)ncc2C(=O)c2ccccc2Cl)c([N+](=O)[O-])c1C. The molecule has 3 heterocycles. The predicted octanol–water partition coefficient (Wildman–Crippen LogP) is 5.09. The summed E-state index contributed by atoms with van der Waals surface area (Å²) in [6.07, 6.45) is 3.14. The first-order chi connectivity index (χ1) is 15.9. The fourth-order valence-electron chi connectivity index (χ4n) is 3.91. The van der Waals surface area contributed by atoms with Crippen molar-refractivity contribution >= 4 is 43.3 Å². The van der Waals surface area contributed by atoms with Gasteiger partial charge in [0.05, 0.1) is 21.2 Å². The molecule has 172 valence electrons. The number of hydrogen-bond acceptors (Lipinski definition) is 7. The molecule has 1 aliphatic heterocycles. The van der Waals surface area contributed by atoms with E-state index in [-0.39, 0.29) is 37.5 Å². The van der Waals surface area contributed by atoms with E-state index in [0.29, 0.717) is 35.2 Å². The lowest BCUT2D eigenvalue weighted by atomic mass is 9.94. The minimum Gasteiger partial charge on any atom is -0.381 e. The van der Waals surface area contributed by atoms with E-state index in [2.05, 4.69) is 15.4 Å². The molecule has 1 saturated heterocycles. The Balaban J connectivity index is 1.81. The third-order valence-corrected chi connectivity index (χ3v) is 6.85. The smallest absolute Gasteiger partial charge is 0.334 e. The van der Waals surface area contributed by atoms with Gasteiger partial charge in [-0.05, 0) is 44.6 Å². The first-order valence-corrected chi connectivity index (χ1v) is 12.3. The Hall–Kier alpha value is -2.87. The summed E-state index contributed by atoms with van der Waals surface area (Å²) in [6, 6.07) is 8.54. The number of carbonyl (C=O) groups is 1. The van der Waals surface area contributed by atoms with Gasteiger partial charge in [-0.1, -0.05) is 23.7 Å². The van der Waals surface area contributed by atoms with Crippen molar-refractivity contribution in [1.82, 2.24) is 14.5 Å². The fraction of sp³-hybridized carbons (Fsp3) is 0.318. The van der Waals surface area contributed by atoms with Gasteiger partial charge in [0.1, 0.15) is 5.69 Å². The van der Waals surface area contributed by atoms with Crippen molar-refractivity contribution in [3.05, 3.63) is 74.2 Å². The topological polar surface area (TPSA) is 112 Å². The summed E-state index contributed by atoms with van der Waals surface area (Å²) < 4.78 is 7.03. The monoisotopic (exact) mass is 487 g/mol. The largest absolute Gasteiger partial charge is 0.381 e. The summed E-state index contributed by atoms with van der Waals surface area (Å²) in [7, 11) is 0.219. The second kappa shape index (κ2) is 9.95. The van der Waals surface area contributed by atoms with Crippen LogP contribution in [0.15, 0.2) is 36.5 Å². The van der Waals surface area contributed by atoms with Gasteiger partial charge in [-0.15, -0.1) is 5.10 Å². The van der Waals surface area contributed by atoms with Crippen LogP contribution in [0.25, 0.3) is 0 Å². The molecule has 0 radical (unpaired) electrons. The van der Waals surface area contributed by atoms with Crippen molar-refractivity contribution in [2.75, 3.05) is 25.2 Å². The van der Waals surface area contributed by atoms with Crippen molar-refractivity contribution < 1.29 is 14.5 Å². The number of halogens is 1. The quantitative estimate of drug-likeness (QED) is 0.214. The van der Waals surface area contributed by atoms with Gasteiger partial charge in [0.15, 0.2) is 5.78 Å². The number of nitrogens with one attached hydrogen (secondary N) is 1. The maximum atomic E-state index is 13.4. The number of benzene rings is 1. The van der Waals surface area contributed by atoms with Gasteiger partial charge in [-0.25, -0.2) is 4.45 Å². The molecule has 0 saturated carbocycles.